The molecule has 0 saturated heterocycles. The topological polar surface area (TPSA) is 57.6 Å². The number of rotatable bonds is 4. The molecule has 2 rings (SSSR count). The SMILES string of the molecule is CCN(C(=O)c1ccc2ccccc2c1)C(C)(C)C(=O)O. The van der Waals surface area contributed by atoms with E-state index < -0.39 is 11.5 Å². The Balaban J connectivity index is 2.42. The third-order valence-electron chi connectivity index (χ3n) is 3.76. The van der Waals surface area contributed by atoms with Crippen LogP contribution in [0.15, 0.2) is 42.5 Å². The van der Waals surface area contributed by atoms with Gasteiger partial charge in [-0.1, -0.05) is 30.3 Å². The van der Waals surface area contributed by atoms with Crippen molar-refractivity contribution in [2.75, 3.05) is 6.54 Å². The van der Waals surface area contributed by atoms with E-state index in [0.717, 1.165) is 10.8 Å². The number of nitrogens with zero attached hydrogens (tertiary/aromatic N) is 1. The number of fused-ring (bicyclic) bond motifs is 1. The Morgan fingerprint density at radius 1 is 1.10 bits per heavy atom. The molecule has 2 aromatic rings. The van der Waals surface area contributed by atoms with Crippen LogP contribution >= 0.6 is 0 Å². The quantitative estimate of drug-likeness (QED) is 0.938. The summed E-state index contributed by atoms with van der Waals surface area (Å²) in [6.45, 7) is 5.20. The molecule has 0 fully saturated rings. The third kappa shape index (κ3) is 2.75. The molecule has 0 atom stereocenters. The molecule has 0 unspecified atom stereocenters. The average Bonchev–Trinajstić information content (AvgIpc) is 2.46. The monoisotopic (exact) mass is 285 g/mol. The molecule has 1 amide bonds. The van der Waals surface area contributed by atoms with Crippen LogP contribution in [0.25, 0.3) is 10.8 Å². The fourth-order valence-electron chi connectivity index (χ4n) is 2.39. The number of benzene rings is 2. The zero-order valence-electron chi connectivity index (χ0n) is 12.5. The molecule has 0 bridgehead atoms. The summed E-state index contributed by atoms with van der Waals surface area (Å²) in [6.07, 6.45) is 0. The summed E-state index contributed by atoms with van der Waals surface area (Å²) in [6, 6.07) is 13.2. The molecule has 0 spiro atoms. The van der Waals surface area contributed by atoms with Gasteiger partial charge in [0.25, 0.3) is 5.91 Å². The highest BCUT2D eigenvalue weighted by atomic mass is 16.4. The summed E-state index contributed by atoms with van der Waals surface area (Å²) in [5.41, 5.74) is -0.734. The molecule has 0 heterocycles. The average molecular weight is 285 g/mol. The Morgan fingerprint density at radius 2 is 1.71 bits per heavy atom. The standard InChI is InChI=1S/C17H19NO3/c1-4-18(17(2,3)16(20)21)15(19)14-10-9-12-7-5-6-8-13(12)11-14/h5-11H,4H2,1-3H3,(H,20,21). The first-order chi connectivity index (χ1) is 9.87. The van der Waals surface area contributed by atoms with E-state index in [1.54, 1.807) is 19.1 Å². The molecule has 0 aliphatic rings. The number of likely N-dealkylation sites (N-methyl/N-ethyl adjacent to an activating group) is 1. The van der Waals surface area contributed by atoms with Crippen molar-refractivity contribution in [2.45, 2.75) is 26.3 Å². The number of amides is 1. The van der Waals surface area contributed by atoms with Crippen LogP contribution in [0.2, 0.25) is 0 Å². The number of carboxylic acids is 1. The molecule has 1 N–H and O–H groups in total. The number of hydrogen-bond acceptors (Lipinski definition) is 2. The number of carboxylic acid groups (broad SMARTS) is 1. The van der Waals surface area contributed by atoms with E-state index in [2.05, 4.69) is 0 Å². The second-order valence-corrected chi connectivity index (χ2v) is 5.48. The summed E-state index contributed by atoms with van der Waals surface area (Å²) in [5, 5.41) is 11.3. The maximum atomic E-state index is 12.6. The lowest BCUT2D eigenvalue weighted by Gasteiger charge is -2.34. The number of aliphatic carboxylic acids is 1. The minimum atomic E-state index is -1.24. The van der Waals surface area contributed by atoms with Crippen molar-refractivity contribution in [2.24, 2.45) is 0 Å². The van der Waals surface area contributed by atoms with E-state index in [4.69, 9.17) is 0 Å². The highest BCUT2D eigenvalue weighted by Crippen LogP contribution is 2.21. The zero-order valence-corrected chi connectivity index (χ0v) is 12.5. The van der Waals surface area contributed by atoms with E-state index >= 15 is 0 Å². The fourth-order valence-corrected chi connectivity index (χ4v) is 2.39. The zero-order chi connectivity index (χ0) is 15.6. The lowest BCUT2D eigenvalue weighted by molar-refractivity contribution is -0.147. The van der Waals surface area contributed by atoms with Crippen molar-refractivity contribution in [3.05, 3.63) is 48.0 Å². The van der Waals surface area contributed by atoms with E-state index in [0.29, 0.717) is 12.1 Å². The Morgan fingerprint density at radius 3 is 2.29 bits per heavy atom. The van der Waals surface area contributed by atoms with Crippen molar-refractivity contribution in [3.8, 4) is 0 Å². The second kappa shape index (κ2) is 5.56. The van der Waals surface area contributed by atoms with Gasteiger partial charge in [0.05, 0.1) is 0 Å². The van der Waals surface area contributed by atoms with Crippen LogP contribution < -0.4 is 0 Å². The van der Waals surface area contributed by atoms with Crippen molar-refractivity contribution in [1.29, 1.82) is 0 Å². The summed E-state index contributed by atoms with van der Waals surface area (Å²) in [7, 11) is 0. The van der Waals surface area contributed by atoms with Gasteiger partial charge >= 0.3 is 5.97 Å². The number of carbonyl (C=O) groups is 2. The van der Waals surface area contributed by atoms with Crippen LogP contribution in [0, 0.1) is 0 Å². The summed E-state index contributed by atoms with van der Waals surface area (Å²) in [5.74, 6) is -1.28. The highest BCUT2D eigenvalue weighted by molar-refractivity contribution is 6.00. The van der Waals surface area contributed by atoms with Gasteiger partial charge in [-0.05, 0) is 43.7 Å². The van der Waals surface area contributed by atoms with Gasteiger partial charge in [0.15, 0.2) is 0 Å². The molecule has 0 radical (unpaired) electrons. The van der Waals surface area contributed by atoms with Gasteiger partial charge in [0.1, 0.15) is 5.54 Å². The molecule has 0 saturated carbocycles. The van der Waals surface area contributed by atoms with Crippen molar-refractivity contribution in [1.82, 2.24) is 4.90 Å². The van der Waals surface area contributed by atoms with Gasteiger partial charge in [-0.25, -0.2) is 4.79 Å². The molecule has 110 valence electrons. The van der Waals surface area contributed by atoms with E-state index in [-0.39, 0.29) is 5.91 Å². The van der Waals surface area contributed by atoms with Crippen LogP contribution in [0.5, 0.6) is 0 Å². The third-order valence-corrected chi connectivity index (χ3v) is 3.76. The van der Waals surface area contributed by atoms with Crippen LogP contribution in [0.3, 0.4) is 0 Å². The smallest absolute Gasteiger partial charge is 0.329 e. The molecular weight excluding hydrogens is 266 g/mol. The number of carbonyl (C=O) groups excluding carboxylic acids is 1. The van der Waals surface area contributed by atoms with Gasteiger partial charge in [0.2, 0.25) is 0 Å². The van der Waals surface area contributed by atoms with Gasteiger partial charge < -0.3 is 10.0 Å². The minimum Gasteiger partial charge on any atom is -0.480 e. The maximum absolute atomic E-state index is 12.6. The van der Waals surface area contributed by atoms with Gasteiger partial charge in [0, 0.05) is 12.1 Å². The Bertz CT molecular complexity index is 691. The lowest BCUT2D eigenvalue weighted by Crippen LogP contribution is -2.52. The number of hydrogen-bond donors (Lipinski definition) is 1. The Kier molecular flexibility index (Phi) is 3.98. The largest absolute Gasteiger partial charge is 0.480 e. The first-order valence-electron chi connectivity index (χ1n) is 6.92. The molecule has 4 heteroatoms. The summed E-state index contributed by atoms with van der Waals surface area (Å²) < 4.78 is 0. The summed E-state index contributed by atoms with van der Waals surface area (Å²) >= 11 is 0. The molecule has 2 aromatic carbocycles. The lowest BCUT2D eigenvalue weighted by atomic mass is 10.00. The summed E-state index contributed by atoms with van der Waals surface area (Å²) in [4.78, 5) is 25.4. The molecule has 21 heavy (non-hydrogen) atoms. The van der Waals surface area contributed by atoms with E-state index in [1.165, 1.54) is 18.7 Å². The first-order valence-corrected chi connectivity index (χ1v) is 6.92. The van der Waals surface area contributed by atoms with E-state index in [9.17, 15) is 14.7 Å². The molecule has 0 aromatic heterocycles. The van der Waals surface area contributed by atoms with Crippen LogP contribution in [0.4, 0.5) is 0 Å². The van der Waals surface area contributed by atoms with Gasteiger partial charge in [-0.3, -0.25) is 4.79 Å². The van der Waals surface area contributed by atoms with Gasteiger partial charge in [-0.2, -0.15) is 0 Å². The van der Waals surface area contributed by atoms with Crippen molar-refractivity contribution >= 4 is 22.6 Å². The van der Waals surface area contributed by atoms with Crippen LogP contribution in [-0.4, -0.2) is 34.0 Å². The minimum absolute atomic E-state index is 0.268. The Labute approximate surface area is 124 Å². The Hall–Kier alpha value is -2.36. The molecule has 0 aliphatic carbocycles. The highest BCUT2D eigenvalue weighted by Gasteiger charge is 2.37. The predicted molar refractivity (Wildman–Crippen MR) is 82.4 cm³/mol. The van der Waals surface area contributed by atoms with Crippen molar-refractivity contribution < 1.29 is 14.7 Å². The fraction of sp³-hybridized carbons (Fsp3) is 0.294. The molecule has 4 nitrogen and oxygen atoms in total. The van der Waals surface area contributed by atoms with Crippen molar-refractivity contribution in [3.63, 3.8) is 0 Å². The van der Waals surface area contributed by atoms with Gasteiger partial charge in [-0.15, -0.1) is 0 Å². The normalized spacial score (nSPS) is 11.4. The molecular formula is C17H19NO3. The van der Waals surface area contributed by atoms with Crippen LogP contribution in [0.1, 0.15) is 31.1 Å². The predicted octanol–water partition coefficient (Wildman–Crippen LogP) is 3.17. The second-order valence-electron chi connectivity index (χ2n) is 5.48. The maximum Gasteiger partial charge on any atom is 0.329 e. The first kappa shape index (κ1) is 15.0. The van der Waals surface area contributed by atoms with E-state index in [1.807, 2.05) is 30.3 Å². The van der Waals surface area contributed by atoms with Crippen LogP contribution in [-0.2, 0) is 4.79 Å². The molecule has 0 aliphatic heterocycles.